The van der Waals surface area contributed by atoms with Crippen molar-refractivity contribution in [2.45, 2.75) is 19.3 Å². The van der Waals surface area contributed by atoms with E-state index >= 15 is 0 Å². The van der Waals surface area contributed by atoms with Crippen LogP contribution in [0, 0.1) is 11.7 Å². The van der Waals surface area contributed by atoms with Gasteiger partial charge in [0.2, 0.25) is 15.9 Å². The highest BCUT2D eigenvalue weighted by atomic mass is 32.1. The summed E-state index contributed by atoms with van der Waals surface area (Å²) in [5, 5.41) is 13.3. The predicted octanol–water partition coefficient (Wildman–Crippen LogP) is 1.93. The number of carbonyl (C=O) groups excluding carboxylic acids is 3. The van der Waals surface area contributed by atoms with Gasteiger partial charge in [-0.1, -0.05) is 11.3 Å². The fourth-order valence-electron chi connectivity index (χ4n) is 3.17. The van der Waals surface area contributed by atoms with Crippen molar-refractivity contribution in [3.63, 3.8) is 0 Å². The van der Waals surface area contributed by atoms with Crippen LogP contribution in [0.4, 0.5) is 10.1 Å². The lowest BCUT2D eigenvalue weighted by Gasteiger charge is -2.30. The number of anilines is 1. The van der Waals surface area contributed by atoms with E-state index in [9.17, 15) is 18.8 Å². The smallest absolute Gasteiger partial charge is 0.286 e. The van der Waals surface area contributed by atoms with Gasteiger partial charge in [0, 0.05) is 45.0 Å². The van der Waals surface area contributed by atoms with Crippen LogP contribution in [-0.4, -0.2) is 66.2 Å². The van der Waals surface area contributed by atoms with E-state index in [0.29, 0.717) is 44.8 Å². The molecule has 0 spiro atoms. The standard InChI is InChI=1S/C20H24FN5O4S/c1-30-12-2-9-22-16(27)13-7-10-26(11-8-13)20(29)19-25-24-18(31-19)17(28)23-15-5-3-14(21)4-6-15/h3-6,13H,2,7-12H2,1H3,(H,22,27)(H,23,28). The number of benzene rings is 1. The van der Waals surface area contributed by atoms with Gasteiger partial charge in [0.15, 0.2) is 0 Å². The topological polar surface area (TPSA) is 114 Å². The minimum atomic E-state index is -0.521. The van der Waals surface area contributed by atoms with Crippen LogP contribution in [0.15, 0.2) is 24.3 Å². The molecule has 2 aromatic rings. The number of nitrogens with one attached hydrogen (secondary N) is 2. The number of halogens is 1. The van der Waals surface area contributed by atoms with Crippen molar-refractivity contribution in [1.82, 2.24) is 20.4 Å². The summed E-state index contributed by atoms with van der Waals surface area (Å²) in [6.45, 7) is 2.04. The van der Waals surface area contributed by atoms with Crippen LogP contribution in [-0.2, 0) is 9.53 Å². The maximum Gasteiger partial charge on any atom is 0.286 e. The fraction of sp³-hybridized carbons (Fsp3) is 0.450. The number of rotatable bonds is 8. The van der Waals surface area contributed by atoms with Crippen molar-refractivity contribution >= 4 is 34.7 Å². The fourth-order valence-corrected chi connectivity index (χ4v) is 3.88. The maximum absolute atomic E-state index is 13.0. The summed E-state index contributed by atoms with van der Waals surface area (Å²) in [7, 11) is 1.62. The lowest BCUT2D eigenvalue weighted by molar-refractivity contribution is -0.126. The molecule has 0 bridgehead atoms. The first-order valence-electron chi connectivity index (χ1n) is 9.94. The van der Waals surface area contributed by atoms with E-state index < -0.39 is 11.7 Å². The van der Waals surface area contributed by atoms with Gasteiger partial charge >= 0.3 is 0 Å². The van der Waals surface area contributed by atoms with Gasteiger partial charge in [-0.3, -0.25) is 14.4 Å². The lowest BCUT2D eigenvalue weighted by atomic mass is 9.96. The first-order valence-corrected chi connectivity index (χ1v) is 10.8. The summed E-state index contributed by atoms with van der Waals surface area (Å²) < 4.78 is 17.9. The summed E-state index contributed by atoms with van der Waals surface area (Å²) >= 11 is 0.897. The Hall–Kier alpha value is -2.92. The van der Waals surface area contributed by atoms with Gasteiger partial charge in [0.05, 0.1) is 0 Å². The van der Waals surface area contributed by atoms with E-state index in [2.05, 4.69) is 20.8 Å². The Morgan fingerprint density at radius 2 is 1.84 bits per heavy atom. The molecule has 2 heterocycles. The second kappa shape index (κ2) is 10.9. The van der Waals surface area contributed by atoms with Gasteiger partial charge in [-0.05, 0) is 43.5 Å². The number of piperidine rings is 1. The number of likely N-dealkylation sites (tertiary alicyclic amines) is 1. The van der Waals surface area contributed by atoms with E-state index in [1.54, 1.807) is 12.0 Å². The Labute approximate surface area is 183 Å². The van der Waals surface area contributed by atoms with Crippen LogP contribution in [0.25, 0.3) is 0 Å². The number of aromatic nitrogens is 2. The quantitative estimate of drug-likeness (QED) is 0.596. The Kier molecular flexibility index (Phi) is 8.01. The highest BCUT2D eigenvalue weighted by molar-refractivity contribution is 7.15. The number of ether oxygens (including phenoxy) is 1. The summed E-state index contributed by atoms with van der Waals surface area (Å²) in [6, 6.07) is 5.32. The molecule has 1 saturated heterocycles. The monoisotopic (exact) mass is 449 g/mol. The van der Waals surface area contributed by atoms with Gasteiger partial charge in [-0.2, -0.15) is 0 Å². The molecule has 11 heteroatoms. The molecule has 0 unspecified atom stereocenters. The molecule has 2 N–H and O–H groups in total. The van der Waals surface area contributed by atoms with Crippen LogP contribution < -0.4 is 10.6 Å². The minimum Gasteiger partial charge on any atom is -0.385 e. The first kappa shape index (κ1) is 22.8. The third-order valence-electron chi connectivity index (χ3n) is 4.88. The summed E-state index contributed by atoms with van der Waals surface area (Å²) in [6.07, 6.45) is 1.89. The number of carbonyl (C=O) groups is 3. The first-order chi connectivity index (χ1) is 15.0. The third kappa shape index (κ3) is 6.28. The van der Waals surface area contributed by atoms with E-state index in [-0.39, 0.29) is 27.7 Å². The second-order valence-electron chi connectivity index (χ2n) is 7.08. The molecule has 3 rings (SSSR count). The second-order valence-corrected chi connectivity index (χ2v) is 8.05. The number of nitrogens with zero attached hydrogens (tertiary/aromatic N) is 3. The molecule has 1 aromatic carbocycles. The van der Waals surface area contributed by atoms with Gasteiger partial charge in [-0.25, -0.2) is 4.39 Å². The van der Waals surface area contributed by atoms with Crippen molar-refractivity contribution in [2.75, 3.05) is 38.7 Å². The molecule has 0 saturated carbocycles. The molecule has 1 fully saturated rings. The zero-order valence-electron chi connectivity index (χ0n) is 17.1. The van der Waals surface area contributed by atoms with Crippen LogP contribution in [0.1, 0.15) is 38.9 Å². The Bertz CT molecular complexity index is 913. The number of methoxy groups -OCH3 is 1. The van der Waals surface area contributed by atoms with E-state index in [1.807, 2.05) is 0 Å². The average Bonchev–Trinajstić information content (AvgIpc) is 3.28. The molecule has 0 aliphatic carbocycles. The highest BCUT2D eigenvalue weighted by Crippen LogP contribution is 2.21. The summed E-state index contributed by atoms with van der Waals surface area (Å²) in [5.74, 6) is -1.37. The summed E-state index contributed by atoms with van der Waals surface area (Å²) in [5.41, 5.74) is 0.414. The molecule has 1 aliphatic rings. The lowest BCUT2D eigenvalue weighted by Crippen LogP contribution is -2.43. The summed E-state index contributed by atoms with van der Waals surface area (Å²) in [4.78, 5) is 38.8. The van der Waals surface area contributed by atoms with Gasteiger partial charge in [0.1, 0.15) is 5.82 Å². The van der Waals surface area contributed by atoms with Gasteiger partial charge in [0.25, 0.3) is 11.8 Å². The van der Waals surface area contributed by atoms with Crippen molar-refractivity contribution < 1.29 is 23.5 Å². The van der Waals surface area contributed by atoms with E-state index in [1.165, 1.54) is 24.3 Å². The number of hydrogen-bond donors (Lipinski definition) is 2. The zero-order valence-corrected chi connectivity index (χ0v) is 17.9. The molecular formula is C20H24FN5O4S. The van der Waals surface area contributed by atoms with Crippen molar-refractivity contribution in [2.24, 2.45) is 5.92 Å². The van der Waals surface area contributed by atoms with Crippen molar-refractivity contribution in [3.05, 3.63) is 40.1 Å². The third-order valence-corrected chi connectivity index (χ3v) is 5.79. The Balaban J connectivity index is 1.49. The average molecular weight is 450 g/mol. The molecule has 3 amide bonds. The minimum absolute atomic E-state index is 0.00105. The van der Waals surface area contributed by atoms with Crippen LogP contribution in [0.3, 0.4) is 0 Å². The van der Waals surface area contributed by atoms with Crippen LogP contribution in [0.5, 0.6) is 0 Å². The Morgan fingerprint density at radius 1 is 1.16 bits per heavy atom. The SMILES string of the molecule is COCCCNC(=O)C1CCN(C(=O)c2nnc(C(=O)Nc3ccc(F)cc3)s2)CC1. The Morgan fingerprint density at radius 3 is 2.52 bits per heavy atom. The predicted molar refractivity (Wildman–Crippen MR) is 112 cm³/mol. The highest BCUT2D eigenvalue weighted by Gasteiger charge is 2.29. The van der Waals surface area contributed by atoms with Crippen LogP contribution in [0.2, 0.25) is 0 Å². The normalized spacial score (nSPS) is 14.3. The van der Waals surface area contributed by atoms with Crippen molar-refractivity contribution in [1.29, 1.82) is 0 Å². The molecule has 166 valence electrons. The largest absolute Gasteiger partial charge is 0.385 e. The molecule has 1 aliphatic heterocycles. The molecular weight excluding hydrogens is 425 g/mol. The van der Waals surface area contributed by atoms with E-state index in [4.69, 9.17) is 4.74 Å². The molecule has 0 radical (unpaired) electrons. The molecule has 1 aromatic heterocycles. The maximum atomic E-state index is 13.0. The number of hydrogen-bond acceptors (Lipinski definition) is 7. The number of amides is 3. The van der Waals surface area contributed by atoms with Crippen LogP contribution >= 0.6 is 11.3 Å². The zero-order chi connectivity index (χ0) is 22.2. The molecule has 9 nitrogen and oxygen atoms in total. The molecule has 31 heavy (non-hydrogen) atoms. The van der Waals surface area contributed by atoms with E-state index in [0.717, 1.165) is 17.8 Å². The van der Waals surface area contributed by atoms with Gasteiger partial charge in [-0.15, -0.1) is 10.2 Å². The van der Waals surface area contributed by atoms with Gasteiger partial charge < -0.3 is 20.3 Å². The molecule has 0 atom stereocenters. The van der Waals surface area contributed by atoms with Crippen molar-refractivity contribution in [3.8, 4) is 0 Å².